The van der Waals surface area contributed by atoms with Crippen LogP contribution in [0.4, 0.5) is 0 Å². The molecule has 5 nitrogen and oxygen atoms in total. The van der Waals surface area contributed by atoms with Crippen molar-refractivity contribution < 1.29 is 4.79 Å². The van der Waals surface area contributed by atoms with Gasteiger partial charge in [-0.2, -0.15) is 5.10 Å². The normalized spacial score (nSPS) is 11.6. The molecule has 2 rings (SSSR count). The smallest absolute Gasteiger partial charge is 0.242 e. The van der Waals surface area contributed by atoms with Gasteiger partial charge in [0.05, 0.1) is 6.20 Å². The maximum Gasteiger partial charge on any atom is 0.242 e. The van der Waals surface area contributed by atoms with E-state index in [1.165, 1.54) is 0 Å². The number of likely N-dealkylation sites (N-methyl/N-ethyl adjacent to an activating group) is 1. The zero-order valence-corrected chi connectivity index (χ0v) is 13.4. The van der Waals surface area contributed by atoms with Gasteiger partial charge in [-0.1, -0.05) is 29.8 Å². The van der Waals surface area contributed by atoms with Gasteiger partial charge in [-0.3, -0.25) is 9.48 Å². The van der Waals surface area contributed by atoms with Gasteiger partial charge in [0.15, 0.2) is 0 Å². The molecule has 1 aromatic heterocycles. The van der Waals surface area contributed by atoms with E-state index in [2.05, 4.69) is 15.7 Å². The Hall–Kier alpha value is -1.56. The van der Waals surface area contributed by atoms with Gasteiger partial charge in [-0.05, 0) is 18.7 Å². The van der Waals surface area contributed by atoms with Crippen LogP contribution in [-0.2, 0) is 18.4 Å². The summed E-state index contributed by atoms with van der Waals surface area (Å²) in [4.78, 5) is 12.2. The molecule has 0 aliphatic heterocycles. The number of aryl methyl sites for hydroxylation is 1. The number of aromatic nitrogens is 2. The van der Waals surface area contributed by atoms with E-state index in [9.17, 15) is 4.79 Å². The molecular weight excluding hydrogens is 311 g/mol. The first-order valence-corrected chi connectivity index (χ1v) is 6.66. The highest BCUT2D eigenvalue weighted by molar-refractivity contribution is 6.31. The van der Waals surface area contributed by atoms with Crippen molar-refractivity contribution in [2.24, 2.45) is 7.05 Å². The second-order valence-electron chi connectivity index (χ2n) is 4.48. The third-order valence-corrected chi connectivity index (χ3v) is 3.39. The number of halogens is 2. The van der Waals surface area contributed by atoms with Gasteiger partial charge in [0, 0.05) is 30.4 Å². The summed E-state index contributed by atoms with van der Waals surface area (Å²) in [7, 11) is 3.56. The van der Waals surface area contributed by atoms with Gasteiger partial charge in [0.2, 0.25) is 5.91 Å². The average Bonchev–Trinajstić information content (AvgIpc) is 2.85. The summed E-state index contributed by atoms with van der Waals surface area (Å²) < 4.78 is 1.67. The minimum atomic E-state index is -0.425. The van der Waals surface area contributed by atoms with E-state index in [0.29, 0.717) is 11.6 Å². The Morgan fingerprint density at radius 1 is 1.43 bits per heavy atom. The Kier molecular flexibility index (Phi) is 6.68. The number of rotatable bonds is 5. The number of nitrogens with one attached hydrogen (secondary N) is 2. The first-order chi connectivity index (χ1) is 9.61. The van der Waals surface area contributed by atoms with Crippen molar-refractivity contribution in [3.05, 3.63) is 52.8 Å². The number of carbonyl (C=O) groups is 1. The number of amides is 1. The van der Waals surface area contributed by atoms with Crippen LogP contribution in [0.1, 0.15) is 17.2 Å². The zero-order valence-electron chi connectivity index (χ0n) is 11.8. The third-order valence-electron chi connectivity index (χ3n) is 3.02. The standard InChI is InChI=1S/C14H17ClN4O.ClH/c1-16-13(11-8-18-19(2)9-11)14(20)17-7-10-5-3-4-6-12(10)15;/h3-6,8-9,13,16H,7H2,1-2H3,(H,17,20);1H. The van der Waals surface area contributed by atoms with Crippen molar-refractivity contribution in [1.29, 1.82) is 0 Å². The summed E-state index contributed by atoms with van der Waals surface area (Å²) >= 11 is 6.06. The van der Waals surface area contributed by atoms with Crippen molar-refractivity contribution >= 4 is 29.9 Å². The molecule has 0 saturated carbocycles. The molecule has 1 aromatic carbocycles. The monoisotopic (exact) mass is 328 g/mol. The lowest BCUT2D eigenvalue weighted by Crippen LogP contribution is -2.35. The van der Waals surface area contributed by atoms with Crippen molar-refractivity contribution in [2.45, 2.75) is 12.6 Å². The fraction of sp³-hybridized carbons (Fsp3) is 0.286. The molecule has 114 valence electrons. The highest BCUT2D eigenvalue weighted by Crippen LogP contribution is 2.15. The maximum absolute atomic E-state index is 12.2. The molecule has 0 saturated heterocycles. The predicted molar refractivity (Wildman–Crippen MR) is 85.6 cm³/mol. The lowest BCUT2D eigenvalue weighted by atomic mass is 10.1. The Morgan fingerprint density at radius 2 is 2.14 bits per heavy atom. The number of carbonyl (C=O) groups excluding carboxylic acids is 1. The van der Waals surface area contributed by atoms with Crippen LogP contribution in [-0.4, -0.2) is 22.7 Å². The van der Waals surface area contributed by atoms with Gasteiger partial charge in [-0.15, -0.1) is 12.4 Å². The van der Waals surface area contributed by atoms with Crippen LogP contribution in [0.3, 0.4) is 0 Å². The van der Waals surface area contributed by atoms with Crippen LogP contribution in [0.15, 0.2) is 36.7 Å². The highest BCUT2D eigenvalue weighted by Gasteiger charge is 2.19. The van der Waals surface area contributed by atoms with Crippen LogP contribution in [0.5, 0.6) is 0 Å². The summed E-state index contributed by atoms with van der Waals surface area (Å²) in [6, 6.07) is 7.02. The van der Waals surface area contributed by atoms with Gasteiger partial charge in [0.25, 0.3) is 0 Å². The van der Waals surface area contributed by atoms with Gasteiger partial charge in [0.1, 0.15) is 6.04 Å². The molecule has 0 radical (unpaired) electrons. The molecule has 2 aromatic rings. The Bertz CT molecular complexity index is 600. The quantitative estimate of drug-likeness (QED) is 0.883. The summed E-state index contributed by atoms with van der Waals surface area (Å²) in [5.41, 5.74) is 1.72. The highest BCUT2D eigenvalue weighted by atomic mass is 35.5. The van der Waals surface area contributed by atoms with E-state index in [-0.39, 0.29) is 18.3 Å². The number of hydrogen-bond donors (Lipinski definition) is 2. The van der Waals surface area contributed by atoms with Crippen LogP contribution in [0.2, 0.25) is 5.02 Å². The first-order valence-electron chi connectivity index (χ1n) is 6.28. The molecule has 1 amide bonds. The van der Waals surface area contributed by atoms with E-state index < -0.39 is 6.04 Å². The SMILES string of the molecule is CNC(C(=O)NCc1ccccc1Cl)c1cnn(C)c1.Cl. The fourth-order valence-corrected chi connectivity index (χ4v) is 2.17. The van der Waals surface area contributed by atoms with Crippen LogP contribution in [0.25, 0.3) is 0 Å². The van der Waals surface area contributed by atoms with E-state index >= 15 is 0 Å². The van der Waals surface area contributed by atoms with E-state index in [0.717, 1.165) is 11.1 Å². The molecule has 0 aliphatic carbocycles. The molecule has 1 heterocycles. The van der Waals surface area contributed by atoms with E-state index in [4.69, 9.17) is 11.6 Å². The molecule has 0 fully saturated rings. The molecule has 0 spiro atoms. The summed E-state index contributed by atoms with van der Waals surface area (Å²) in [6.07, 6.45) is 3.49. The second kappa shape index (κ2) is 8.02. The molecule has 1 unspecified atom stereocenters. The lowest BCUT2D eigenvalue weighted by molar-refractivity contribution is -0.123. The summed E-state index contributed by atoms with van der Waals surface area (Å²) in [5.74, 6) is -0.111. The first kappa shape index (κ1) is 17.5. The fourth-order valence-electron chi connectivity index (χ4n) is 1.96. The summed E-state index contributed by atoms with van der Waals surface area (Å²) in [6.45, 7) is 0.400. The molecule has 7 heteroatoms. The number of hydrogen-bond acceptors (Lipinski definition) is 3. The molecule has 1 atom stereocenters. The Morgan fingerprint density at radius 3 is 2.71 bits per heavy atom. The Balaban J connectivity index is 0.00000220. The Labute approximate surface area is 135 Å². The van der Waals surface area contributed by atoms with Crippen molar-refractivity contribution in [1.82, 2.24) is 20.4 Å². The van der Waals surface area contributed by atoms with Gasteiger partial charge >= 0.3 is 0 Å². The minimum Gasteiger partial charge on any atom is -0.350 e. The van der Waals surface area contributed by atoms with Crippen LogP contribution in [0, 0.1) is 0 Å². The largest absolute Gasteiger partial charge is 0.350 e. The van der Waals surface area contributed by atoms with Crippen molar-refractivity contribution in [2.75, 3.05) is 7.05 Å². The third kappa shape index (κ3) is 4.46. The van der Waals surface area contributed by atoms with Crippen LogP contribution < -0.4 is 10.6 Å². The van der Waals surface area contributed by atoms with Crippen molar-refractivity contribution in [3.63, 3.8) is 0 Å². The molecule has 0 bridgehead atoms. The molecule has 21 heavy (non-hydrogen) atoms. The van der Waals surface area contributed by atoms with Crippen molar-refractivity contribution in [3.8, 4) is 0 Å². The average molecular weight is 329 g/mol. The van der Waals surface area contributed by atoms with E-state index in [1.807, 2.05) is 31.4 Å². The van der Waals surface area contributed by atoms with Gasteiger partial charge in [-0.25, -0.2) is 0 Å². The number of benzene rings is 1. The molecule has 0 aliphatic rings. The second-order valence-corrected chi connectivity index (χ2v) is 4.89. The lowest BCUT2D eigenvalue weighted by Gasteiger charge is -2.15. The maximum atomic E-state index is 12.2. The molecule has 2 N–H and O–H groups in total. The van der Waals surface area contributed by atoms with E-state index in [1.54, 1.807) is 24.0 Å². The zero-order chi connectivity index (χ0) is 14.5. The van der Waals surface area contributed by atoms with Gasteiger partial charge < -0.3 is 10.6 Å². The predicted octanol–water partition coefficient (Wildman–Crippen LogP) is 2.07. The minimum absolute atomic E-state index is 0. The summed E-state index contributed by atoms with van der Waals surface area (Å²) in [5, 5.41) is 10.6. The van der Waals surface area contributed by atoms with Crippen LogP contribution >= 0.6 is 24.0 Å². The number of nitrogens with zero attached hydrogens (tertiary/aromatic N) is 2. The molecular formula is C14H18Cl2N4O. The topological polar surface area (TPSA) is 59.0 Å².